The van der Waals surface area contributed by atoms with Gasteiger partial charge in [-0.3, -0.25) is 0 Å². The van der Waals surface area contributed by atoms with Crippen molar-refractivity contribution in [1.82, 2.24) is 9.97 Å². The van der Waals surface area contributed by atoms with Crippen LogP contribution < -0.4 is 0 Å². The van der Waals surface area contributed by atoms with E-state index in [2.05, 4.69) is 176 Å². The molecule has 0 unspecified atom stereocenters. The van der Waals surface area contributed by atoms with Crippen molar-refractivity contribution in [2.24, 2.45) is 0 Å². The Hall–Kier alpha value is -7.36. The first-order valence-corrected chi connectivity index (χ1v) is 18.6. The molecule has 258 valence electrons. The van der Waals surface area contributed by atoms with Gasteiger partial charge in [-0.05, 0) is 93.0 Å². The lowest BCUT2D eigenvalue weighted by atomic mass is 9.94. The van der Waals surface area contributed by atoms with Crippen LogP contribution in [0, 0.1) is 0 Å². The van der Waals surface area contributed by atoms with E-state index in [1.807, 2.05) is 30.3 Å². The van der Waals surface area contributed by atoms with Crippen molar-refractivity contribution in [3.8, 4) is 78.4 Å². The van der Waals surface area contributed by atoms with Crippen LogP contribution in [0.1, 0.15) is 0 Å². The molecule has 0 aliphatic rings. The molecule has 8 aromatic carbocycles. The SMILES string of the molecule is c1ccc(-c2ccc(-c3cc(-c4cc(-c5ccccc5)cc(-c5ccc6c(c5)oc5cc(-c7ccccc7)ccc56)c4)nc(-c4ccccc4)n3)cc2)cc1. The number of furan rings is 1. The summed E-state index contributed by atoms with van der Waals surface area (Å²) in [6, 6.07) is 72.2. The number of fused-ring (bicyclic) bond motifs is 3. The van der Waals surface area contributed by atoms with Gasteiger partial charge in [0.15, 0.2) is 5.82 Å². The van der Waals surface area contributed by atoms with Gasteiger partial charge in [-0.1, -0.05) is 158 Å². The highest BCUT2D eigenvalue weighted by atomic mass is 16.3. The first-order valence-electron chi connectivity index (χ1n) is 18.6. The molecule has 2 aromatic heterocycles. The molecule has 0 aliphatic heterocycles. The summed E-state index contributed by atoms with van der Waals surface area (Å²) < 4.78 is 6.55. The first-order chi connectivity index (χ1) is 27.2. The number of hydrogen-bond donors (Lipinski definition) is 0. The predicted molar refractivity (Wildman–Crippen MR) is 227 cm³/mol. The van der Waals surface area contributed by atoms with E-state index in [4.69, 9.17) is 14.4 Å². The van der Waals surface area contributed by atoms with Gasteiger partial charge in [-0.15, -0.1) is 0 Å². The van der Waals surface area contributed by atoms with E-state index in [1.165, 1.54) is 16.7 Å². The average Bonchev–Trinajstić information content (AvgIpc) is 3.64. The van der Waals surface area contributed by atoms with Crippen LogP contribution >= 0.6 is 0 Å². The van der Waals surface area contributed by atoms with Crippen LogP contribution in [0.4, 0.5) is 0 Å². The summed E-state index contributed by atoms with van der Waals surface area (Å²) in [6.07, 6.45) is 0. The minimum absolute atomic E-state index is 0.686. The molecule has 0 aliphatic carbocycles. The highest BCUT2D eigenvalue weighted by Gasteiger charge is 2.15. The van der Waals surface area contributed by atoms with Crippen LogP contribution in [0.15, 0.2) is 211 Å². The molecule has 0 saturated carbocycles. The topological polar surface area (TPSA) is 38.9 Å². The van der Waals surface area contributed by atoms with E-state index < -0.39 is 0 Å². The third-order valence-corrected chi connectivity index (χ3v) is 10.3. The molecule has 0 bridgehead atoms. The second-order valence-corrected chi connectivity index (χ2v) is 13.8. The van der Waals surface area contributed by atoms with E-state index in [0.29, 0.717) is 5.82 Å². The zero-order valence-corrected chi connectivity index (χ0v) is 29.9. The van der Waals surface area contributed by atoms with E-state index in [9.17, 15) is 0 Å². The lowest BCUT2D eigenvalue weighted by molar-refractivity contribution is 0.669. The maximum absolute atomic E-state index is 6.55. The molecule has 3 heteroatoms. The Morgan fingerprint density at radius 3 is 1.16 bits per heavy atom. The molecule has 55 heavy (non-hydrogen) atoms. The lowest BCUT2D eigenvalue weighted by Crippen LogP contribution is -1.96. The van der Waals surface area contributed by atoms with Gasteiger partial charge in [0.25, 0.3) is 0 Å². The van der Waals surface area contributed by atoms with Gasteiger partial charge in [0.1, 0.15) is 11.2 Å². The fourth-order valence-corrected chi connectivity index (χ4v) is 7.43. The van der Waals surface area contributed by atoms with Crippen molar-refractivity contribution >= 4 is 21.9 Å². The van der Waals surface area contributed by atoms with Crippen molar-refractivity contribution in [2.75, 3.05) is 0 Å². The maximum Gasteiger partial charge on any atom is 0.160 e. The molecule has 0 fully saturated rings. The number of hydrogen-bond acceptors (Lipinski definition) is 3. The zero-order valence-electron chi connectivity index (χ0n) is 29.9. The van der Waals surface area contributed by atoms with Gasteiger partial charge in [-0.25, -0.2) is 9.97 Å². The van der Waals surface area contributed by atoms with E-state index >= 15 is 0 Å². The third-order valence-electron chi connectivity index (χ3n) is 10.3. The minimum atomic E-state index is 0.686. The van der Waals surface area contributed by atoms with Crippen LogP contribution in [0.3, 0.4) is 0 Å². The van der Waals surface area contributed by atoms with Crippen molar-refractivity contribution < 1.29 is 4.42 Å². The number of nitrogens with zero attached hydrogens (tertiary/aromatic N) is 2. The Kier molecular flexibility index (Phi) is 8.16. The van der Waals surface area contributed by atoms with Gasteiger partial charge in [0.2, 0.25) is 0 Å². The Bertz CT molecular complexity index is 2940. The fourth-order valence-electron chi connectivity index (χ4n) is 7.43. The first kappa shape index (κ1) is 32.3. The van der Waals surface area contributed by atoms with Crippen LogP contribution in [0.2, 0.25) is 0 Å². The molecule has 10 rings (SSSR count). The molecule has 0 saturated heterocycles. The Labute approximate surface area is 319 Å². The summed E-state index contributed by atoms with van der Waals surface area (Å²) in [4.78, 5) is 10.3. The van der Waals surface area contributed by atoms with E-state index in [1.54, 1.807) is 0 Å². The molecule has 0 spiro atoms. The molecule has 10 aromatic rings. The molecule has 0 N–H and O–H groups in total. The van der Waals surface area contributed by atoms with Crippen LogP contribution in [-0.2, 0) is 0 Å². The Morgan fingerprint density at radius 2 is 0.618 bits per heavy atom. The summed E-state index contributed by atoms with van der Waals surface area (Å²) >= 11 is 0. The highest BCUT2D eigenvalue weighted by molar-refractivity contribution is 6.07. The second-order valence-electron chi connectivity index (χ2n) is 13.8. The summed E-state index contributed by atoms with van der Waals surface area (Å²) in [5.74, 6) is 0.686. The van der Waals surface area contributed by atoms with Gasteiger partial charge in [-0.2, -0.15) is 0 Å². The lowest BCUT2D eigenvalue weighted by Gasteiger charge is -2.13. The Balaban J connectivity index is 1.11. The summed E-state index contributed by atoms with van der Waals surface area (Å²) in [6.45, 7) is 0. The highest BCUT2D eigenvalue weighted by Crippen LogP contribution is 2.38. The maximum atomic E-state index is 6.55. The molecule has 0 radical (unpaired) electrons. The van der Waals surface area contributed by atoms with Crippen LogP contribution in [0.25, 0.3) is 100 Å². The Morgan fingerprint density at radius 1 is 0.255 bits per heavy atom. The third kappa shape index (κ3) is 6.39. The van der Waals surface area contributed by atoms with Crippen LogP contribution in [-0.4, -0.2) is 9.97 Å². The van der Waals surface area contributed by atoms with Gasteiger partial charge >= 0.3 is 0 Å². The second kappa shape index (κ2) is 13.9. The normalized spacial score (nSPS) is 11.3. The predicted octanol–water partition coefficient (Wildman–Crippen LogP) is 14.0. The summed E-state index contributed by atoms with van der Waals surface area (Å²) in [5.41, 5.74) is 15.5. The quantitative estimate of drug-likeness (QED) is 0.166. The molecule has 2 heterocycles. The van der Waals surface area contributed by atoms with Crippen molar-refractivity contribution in [2.45, 2.75) is 0 Å². The summed E-state index contributed by atoms with van der Waals surface area (Å²) in [5, 5.41) is 2.21. The minimum Gasteiger partial charge on any atom is -0.456 e. The monoisotopic (exact) mass is 702 g/mol. The van der Waals surface area contributed by atoms with Crippen molar-refractivity contribution in [3.05, 3.63) is 206 Å². The van der Waals surface area contributed by atoms with E-state index in [0.717, 1.165) is 77.8 Å². The molecule has 0 amide bonds. The van der Waals surface area contributed by atoms with Crippen LogP contribution in [0.5, 0.6) is 0 Å². The molecule has 0 atom stereocenters. The summed E-state index contributed by atoms with van der Waals surface area (Å²) in [7, 11) is 0. The van der Waals surface area contributed by atoms with Gasteiger partial charge in [0, 0.05) is 27.5 Å². The number of rotatable bonds is 7. The molecular weight excluding hydrogens is 669 g/mol. The standard InChI is InChI=1S/C52H34N2O/c1-5-13-35(14-6-1)38-21-23-39(24-22-38)48-34-49(54-52(53-48)40-19-11-4-12-20-40)45-30-43(37-17-9-3-10-18-37)29-44(31-45)42-26-28-47-46-27-25-41(36-15-7-2-8-16-36)32-50(46)55-51(47)33-42/h1-34H. The molecule has 3 nitrogen and oxygen atoms in total. The number of aromatic nitrogens is 2. The zero-order chi connectivity index (χ0) is 36.6. The smallest absolute Gasteiger partial charge is 0.160 e. The van der Waals surface area contributed by atoms with Gasteiger partial charge in [0.05, 0.1) is 11.4 Å². The fraction of sp³-hybridized carbons (Fsp3) is 0. The van der Waals surface area contributed by atoms with E-state index in [-0.39, 0.29) is 0 Å². The van der Waals surface area contributed by atoms with Crippen molar-refractivity contribution in [3.63, 3.8) is 0 Å². The average molecular weight is 703 g/mol. The molecular formula is C52H34N2O. The van der Waals surface area contributed by atoms with Gasteiger partial charge < -0.3 is 4.42 Å². The number of benzene rings is 8. The van der Waals surface area contributed by atoms with Crippen molar-refractivity contribution in [1.29, 1.82) is 0 Å². The largest absolute Gasteiger partial charge is 0.456 e.